The molecule has 8 heteroatoms. The maximum absolute atomic E-state index is 13.0. The number of aromatic amines is 1. The van der Waals surface area contributed by atoms with Crippen LogP contribution >= 0.6 is 0 Å². The van der Waals surface area contributed by atoms with E-state index < -0.39 is 21.8 Å². The molecule has 0 atom stereocenters. The van der Waals surface area contributed by atoms with Crippen LogP contribution < -0.4 is 4.72 Å². The molecule has 0 bridgehead atoms. The minimum atomic E-state index is -3.88. The minimum Gasteiger partial charge on any atom is -0.464 e. The number of benzene rings is 1. The van der Waals surface area contributed by atoms with Crippen molar-refractivity contribution in [2.75, 3.05) is 11.8 Å². The predicted octanol–water partition coefficient (Wildman–Crippen LogP) is 2.05. The van der Waals surface area contributed by atoms with Crippen LogP contribution in [0.15, 0.2) is 35.4 Å². The summed E-state index contributed by atoms with van der Waals surface area (Å²) in [5.41, 5.74) is 0.730. The molecule has 0 saturated carbocycles. The second-order valence-electron chi connectivity index (χ2n) is 4.31. The van der Waals surface area contributed by atoms with Crippen molar-refractivity contribution in [3.05, 3.63) is 47.5 Å². The third-order valence-electron chi connectivity index (χ3n) is 2.80. The number of anilines is 1. The SMILES string of the molecule is COC(=O)c1cc(S(=O)(=O)Nc2ccc(F)cc2C)c[nH]1. The molecule has 0 fully saturated rings. The Hall–Kier alpha value is -2.35. The van der Waals surface area contributed by atoms with Crippen molar-refractivity contribution in [3.63, 3.8) is 0 Å². The molecule has 0 aliphatic rings. The van der Waals surface area contributed by atoms with Crippen molar-refractivity contribution >= 4 is 21.7 Å². The van der Waals surface area contributed by atoms with Crippen molar-refractivity contribution < 1.29 is 22.3 Å². The molecular formula is C13H13FN2O4S. The summed E-state index contributed by atoms with van der Waals surface area (Å²) in [4.78, 5) is 13.7. The van der Waals surface area contributed by atoms with Crippen LogP contribution in [-0.4, -0.2) is 26.5 Å². The number of carbonyl (C=O) groups is 1. The van der Waals surface area contributed by atoms with E-state index in [1.54, 1.807) is 6.92 Å². The summed E-state index contributed by atoms with van der Waals surface area (Å²) in [7, 11) is -2.69. The molecule has 21 heavy (non-hydrogen) atoms. The Morgan fingerprint density at radius 1 is 1.33 bits per heavy atom. The quantitative estimate of drug-likeness (QED) is 0.846. The summed E-state index contributed by atoms with van der Waals surface area (Å²) in [5, 5.41) is 0. The van der Waals surface area contributed by atoms with E-state index in [1.807, 2.05) is 0 Å². The van der Waals surface area contributed by atoms with Crippen molar-refractivity contribution in [1.82, 2.24) is 4.98 Å². The third kappa shape index (κ3) is 3.22. The van der Waals surface area contributed by atoms with Crippen LogP contribution in [0.5, 0.6) is 0 Å². The summed E-state index contributed by atoms with van der Waals surface area (Å²) >= 11 is 0. The lowest BCUT2D eigenvalue weighted by Gasteiger charge is -2.09. The Morgan fingerprint density at radius 3 is 2.67 bits per heavy atom. The van der Waals surface area contributed by atoms with E-state index in [-0.39, 0.29) is 16.3 Å². The number of hydrogen-bond donors (Lipinski definition) is 2. The van der Waals surface area contributed by atoms with Gasteiger partial charge >= 0.3 is 5.97 Å². The maximum Gasteiger partial charge on any atom is 0.354 e. The molecule has 1 aromatic carbocycles. The van der Waals surface area contributed by atoms with Crippen LogP contribution in [0.1, 0.15) is 16.1 Å². The smallest absolute Gasteiger partial charge is 0.354 e. The van der Waals surface area contributed by atoms with Gasteiger partial charge in [0.2, 0.25) is 0 Å². The summed E-state index contributed by atoms with van der Waals surface area (Å²) in [6.45, 7) is 1.58. The molecule has 2 aromatic rings. The number of methoxy groups -OCH3 is 1. The fourth-order valence-electron chi connectivity index (χ4n) is 1.70. The van der Waals surface area contributed by atoms with E-state index in [1.165, 1.54) is 25.4 Å². The van der Waals surface area contributed by atoms with Gasteiger partial charge in [0, 0.05) is 6.20 Å². The van der Waals surface area contributed by atoms with Crippen LogP contribution in [-0.2, 0) is 14.8 Å². The lowest BCUT2D eigenvalue weighted by Crippen LogP contribution is -2.13. The van der Waals surface area contributed by atoms with Crippen molar-refractivity contribution in [2.45, 2.75) is 11.8 Å². The van der Waals surface area contributed by atoms with E-state index in [0.29, 0.717) is 5.56 Å². The number of rotatable bonds is 4. The molecule has 2 N–H and O–H groups in total. The van der Waals surface area contributed by atoms with Gasteiger partial charge in [-0.3, -0.25) is 4.72 Å². The topological polar surface area (TPSA) is 88.3 Å². The first-order valence-electron chi connectivity index (χ1n) is 5.89. The monoisotopic (exact) mass is 312 g/mol. The summed E-state index contributed by atoms with van der Waals surface area (Å²) in [6.07, 6.45) is 1.17. The summed E-state index contributed by atoms with van der Waals surface area (Å²) in [5.74, 6) is -1.13. The second-order valence-corrected chi connectivity index (χ2v) is 5.99. The number of aromatic nitrogens is 1. The van der Waals surface area contributed by atoms with Crippen LogP contribution in [0.4, 0.5) is 10.1 Å². The number of halogens is 1. The molecular weight excluding hydrogens is 299 g/mol. The van der Waals surface area contributed by atoms with E-state index in [0.717, 1.165) is 12.1 Å². The van der Waals surface area contributed by atoms with Crippen LogP contribution in [0, 0.1) is 12.7 Å². The third-order valence-corrected chi connectivity index (χ3v) is 4.15. The molecule has 0 spiro atoms. The molecule has 2 rings (SSSR count). The van der Waals surface area contributed by atoms with Crippen molar-refractivity contribution in [2.24, 2.45) is 0 Å². The van der Waals surface area contributed by atoms with Gasteiger partial charge in [0.15, 0.2) is 0 Å². The molecule has 1 aromatic heterocycles. The zero-order valence-corrected chi connectivity index (χ0v) is 12.1. The molecule has 0 unspecified atom stereocenters. The Kier molecular flexibility index (Phi) is 3.99. The number of hydrogen-bond acceptors (Lipinski definition) is 4. The van der Waals surface area contributed by atoms with Crippen LogP contribution in [0.25, 0.3) is 0 Å². The highest BCUT2D eigenvalue weighted by Crippen LogP contribution is 2.21. The van der Waals surface area contributed by atoms with E-state index in [4.69, 9.17) is 0 Å². The highest BCUT2D eigenvalue weighted by molar-refractivity contribution is 7.92. The number of sulfonamides is 1. The number of nitrogens with one attached hydrogen (secondary N) is 2. The summed E-state index contributed by atoms with van der Waals surface area (Å²) < 4.78 is 44.2. The molecule has 0 amide bonds. The maximum atomic E-state index is 13.0. The normalized spacial score (nSPS) is 11.2. The summed E-state index contributed by atoms with van der Waals surface area (Å²) in [6, 6.07) is 4.86. The van der Waals surface area contributed by atoms with Gasteiger partial charge in [-0.1, -0.05) is 0 Å². The molecule has 0 radical (unpaired) electrons. The van der Waals surface area contributed by atoms with Crippen molar-refractivity contribution in [3.8, 4) is 0 Å². The van der Waals surface area contributed by atoms with Crippen molar-refractivity contribution in [1.29, 1.82) is 0 Å². The van der Waals surface area contributed by atoms with Crippen LogP contribution in [0.3, 0.4) is 0 Å². The average Bonchev–Trinajstić information content (AvgIpc) is 2.91. The van der Waals surface area contributed by atoms with Gasteiger partial charge in [0.25, 0.3) is 10.0 Å². The van der Waals surface area contributed by atoms with Gasteiger partial charge in [-0.15, -0.1) is 0 Å². The largest absolute Gasteiger partial charge is 0.464 e. The first kappa shape index (κ1) is 15.0. The van der Waals surface area contributed by atoms with E-state index in [2.05, 4.69) is 14.4 Å². The molecule has 0 aliphatic carbocycles. The number of esters is 1. The standard InChI is InChI=1S/C13H13FN2O4S/c1-8-5-9(14)3-4-11(8)16-21(18,19)10-6-12(15-7-10)13(17)20-2/h3-7,15-16H,1-2H3. The highest BCUT2D eigenvalue weighted by atomic mass is 32.2. The van der Waals surface area contributed by atoms with Crippen LogP contribution in [0.2, 0.25) is 0 Å². The number of H-pyrrole nitrogens is 1. The highest BCUT2D eigenvalue weighted by Gasteiger charge is 2.19. The fourth-order valence-corrected chi connectivity index (χ4v) is 2.83. The molecule has 0 aliphatic heterocycles. The molecule has 1 heterocycles. The Morgan fingerprint density at radius 2 is 2.05 bits per heavy atom. The van der Waals surface area contributed by atoms with Gasteiger partial charge in [0.1, 0.15) is 16.4 Å². The van der Waals surface area contributed by atoms with Gasteiger partial charge in [-0.2, -0.15) is 0 Å². The zero-order valence-electron chi connectivity index (χ0n) is 11.3. The number of ether oxygens (including phenoxy) is 1. The van der Waals surface area contributed by atoms with Gasteiger partial charge in [-0.25, -0.2) is 17.6 Å². The second kappa shape index (κ2) is 5.57. The lowest BCUT2D eigenvalue weighted by atomic mass is 10.2. The Labute approximate surface area is 121 Å². The zero-order chi connectivity index (χ0) is 15.6. The van der Waals surface area contributed by atoms with Gasteiger partial charge < -0.3 is 9.72 Å². The molecule has 0 saturated heterocycles. The van der Waals surface area contributed by atoms with Gasteiger partial charge in [0.05, 0.1) is 12.8 Å². The molecule has 6 nitrogen and oxygen atoms in total. The Balaban J connectivity index is 2.30. The first-order chi connectivity index (χ1) is 9.83. The Bertz CT molecular complexity index is 783. The number of carbonyl (C=O) groups excluding carboxylic acids is 1. The average molecular weight is 312 g/mol. The van der Waals surface area contributed by atoms with Gasteiger partial charge in [-0.05, 0) is 36.8 Å². The molecule has 112 valence electrons. The first-order valence-corrected chi connectivity index (χ1v) is 7.37. The minimum absolute atomic E-state index is 0.0219. The van der Waals surface area contributed by atoms with E-state index >= 15 is 0 Å². The van der Waals surface area contributed by atoms with E-state index in [9.17, 15) is 17.6 Å². The lowest BCUT2D eigenvalue weighted by molar-refractivity contribution is 0.0594. The number of aryl methyl sites for hydroxylation is 1. The fraction of sp³-hybridized carbons (Fsp3) is 0.154. The predicted molar refractivity (Wildman–Crippen MR) is 74.1 cm³/mol.